The molecule has 2 aliphatic rings. The van der Waals surface area contributed by atoms with Crippen LogP contribution in [-0.4, -0.2) is 37.5 Å². The van der Waals surface area contributed by atoms with Crippen LogP contribution in [0.1, 0.15) is 35.7 Å². The summed E-state index contributed by atoms with van der Waals surface area (Å²) in [5.74, 6) is -0.114. The second-order valence-electron chi connectivity index (χ2n) is 7.93. The Labute approximate surface area is 176 Å². The summed E-state index contributed by atoms with van der Waals surface area (Å²) in [4.78, 5) is 6.91. The van der Waals surface area contributed by atoms with Gasteiger partial charge in [-0.2, -0.15) is 10.2 Å². The van der Waals surface area contributed by atoms with Crippen LogP contribution in [-0.2, 0) is 17.8 Å². The number of ether oxygens (including phenoxy) is 1. The molecule has 1 saturated heterocycles. The largest absolute Gasteiger partial charge is 0.376 e. The third-order valence-corrected chi connectivity index (χ3v) is 6.12. The molecule has 1 atom stereocenters. The molecule has 0 aliphatic carbocycles. The van der Waals surface area contributed by atoms with Gasteiger partial charge in [0.15, 0.2) is 5.65 Å². The average molecular weight is 422 g/mol. The molecule has 7 nitrogen and oxygen atoms in total. The van der Waals surface area contributed by atoms with E-state index in [1.165, 1.54) is 12.1 Å². The molecule has 2 aliphatic heterocycles. The summed E-state index contributed by atoms with van der Waals surface area (Å²) in [6.07, 6.45) is 7.82. The van der Waals surface area contributed by atoms with E-state index >= 15 is 0 Å². The first-order chi connectivity index (χ1) is 15.2. The molecule has 0 N–H and O–H groups in total. The molecule has 0 radical (unpaired) electrons. The van der Waals surface area contributed by atoms with Crippen molar-refractivity contribution in [2.75, 3.05) is 18.1 Å². The number of nitrogens with zero attached hydrogens (tertiary/aromatic N) is 6. The highest BCUT2D eigenvalue weighted by molar-refractivity contribution is 5.62. The van der Waals surface area contributed by atoms with E-state index in [4.69, 9.17) is 9.72 Å². The zero-order valence-electron chi connectivity index (χ0n) is 16.7. The fourth-order valence-corrected chi connectivity index (χ4v) is 4.64. The predicted molar refractivity (Wildman–Crippen MR) is 109 cm³/mol. The maximum Gasteiger partial charge on any atom is 0.183 e. The molecule has 9 heteroatoms. The Hall–Kier alpha value is -3.33. The summed E-state index contributed by atoms with van der Waals surface area (Å²) in [6.45, 7) is 1.94. The van der Waals surface area contributed by atoms with Gasteiger partial charge in [-0.05, 0) is 37.1 Å². The number of anilines is 1. The normalized spacial score (nSPS) is 18.6. The second kappa shape index (κ2) is 7.12. The van der Waals surface area contributed by atoms with E-state index in [2.05, 4.69) is 10.2 Å². The van der Waals surface area contributed by atoms with Crippen molar-refractivity contribution in [3.8, 4) is 5.69 Å². The van der Waals surface area contributed by atoms with Gasteiger partial charge in [0, 0.05) is 30.3 Å². The first kappa shape index (κ1) is 18.4. The number of aromatic nitrogens is 5. The van der Waals surface area contributed by atoms with Crippen molar-refractivity contribution < 1.29 is 13.5 Å². The van der Waals surface area contributed by atoms with Crippen LogP contribution in [0.5, 0.6) is 0 Å². The molecule has 0 amide bonds. The van der Waals surface area contributed by atoms with E-state index in [0.29, 0.717) is 30.2 Å². The van der Waals surface area contributed by atoms with Crippen molar-refractivity contribution in [3.05, 3.63) is 71.3 Å². The minimum Gasteiger partial charge on any atom is -0.376 e. The number of hydrogen-bond donors (Lipinski definition) is 0. The first-order valence-electron chi connectivity index (χ1n) is 10.4. The van der Waals surface area contributed by atoms with E-state index in [0.717, 1.165) is 48.8 Å². The Bertz CT molecular complexity index is 1280. The third-order valence-electron chi connectivity index (χ3n) is 6.12. The van der Waals surface area contributed by atoms with E-state index in [1.807, 2.05) is 28.0 Å². The van der Waals surface area contributed by atoms with E-state index in [-0.39, 0.29) is 6.04 Å². The summed E-state index contributed by atoms with van der Waals surface area (Å²) in [5, 5.41) is 8.97. The highest BCUT2D eigenvalue weighted by atomic mass is 19.1. The standard InChI is InChI=1S/C22H20F2N6O/c23-15-3-4-17(24)16(10-15)19-2-1-7-28(19)21-5-8-29-22(27-21)20(12-25-29)30-18-6-9-31-13-14(18)11-26-30/h3-5,8,10-12,19H,1-2,6-7,9,13H2/t19-/m1/s1. The lowest BCUT2D eigenvalue weighted by molar-refractivity contribution is 0.109. The van der Waals surface area contributed by atoms with Crippen LogP contribution in [0.3, 0.4) is 0 Å². The summed E-state index contributed by atoms with van der Waals surface area (Å²) in [5.41, 5.74) is 4.00. The third kappa shape index (κ3) is 2.99. The molecule has 1 aromatic carbocycles. The van der Waals surface area contributed by atoms with Crippen LogP contribution >= 0.6 is 0 Å². The quantitative estimate of drug-likeness (QED) is 0.505. The fraction of sp³-hybridized carbons (Fsp3) is 0.318. The number of hydrogen-bond acceptors (Lipinski definition) is 5. The van der Waals surface area contributed by atoms with E-state index in [1.54, 1.807) is 10.7 Å². The van der Waals surface area contributed by atoms with Gasteiger partial charge in [0.1, 0.15) is 23.1 Å². The van der Waals surface area contributed by atoms with Gasteiger partial charge < -0.3 is 9.64 Å². The molecule has 1 fully saturated rings. The van der Waals surface area contributed by atoms with Crippen LogP contribution in [0.4, 0.5) is 14.6 Å². The zero-order valence-corrected chi connectivity index (χ0v) is 16.7. The lowest BCUT2D eigenvalue weighted by Crippen LogP contribution is -2.24. The van der Waals surface area contributed by atoms with Crippen LogP contribution in [0, 0.1) is 11.6 Å². The number of rotatable bonds is 3. The lowest BCUT2D eigenvalue weighted by Gasteiger charge is -2.26. The molecule has 31 heavy (non-hydrogen) atoms. The lowest BCUT2D eigenvalue weighted by atomic mass is 10.0. The monoisotopic (exact) mass is 422 g/mol. The molecular formula is C22H20F2N6O. The maximum absolute atomic E-state index is 14.5. The summed E-state index contributed by atoms with van der Waals surface area (Å²) in [7, 11) is 0. The Morgan fingerprint density at radius 3 is 2.97 bits per heavy atom. The van der Waals surface area contributed by atoms with Crippen LogP contribution in [0.25, 0.3) is 11.3 Å². The summed E-state index contributed by atoms with van der Waals surface area (Å²) >= 11 is 0. The smallest absolute Gasteiger partial charge is 0.183 e. The predicted octanol–water partition coefficient (Wildman–Crippen LogP) is 3.61. The Balaban J connectivity index is 1.42. The highest BCUT2D eigenvalue weighted by Gasteiger charge is 2.30. The molecule has 0 unspecified atom stereocenters. The second-order valence-corrected chi connectivity index (χ2v) is 7.93. The average Bonchev–Trinajstić information content (AvgIpc) is 3.52. The highest BCUT2D eigenvalue weighted by Crippen LogP contribution is 2.37. The Kier molecular flexibility index (Phi) is 4.24. The number of fused-ring (bicyclic) bond motifs is 2. The van der Waals surface area contributed by atoms with Gasteiger partial charge in [-0.1, -0.05) is 0 Å². The van der Waals surface area contributed by atoms with Gasteiger partial charge in [-0.3, -0.25) is 0 Å². The topological polar surface area (TPSA) is 60.5 Å². The number of benzene rings is 1. The molecule has 6 rings (SSSR count). The van der Waals surface area contributed by atoms with Crippen molar-refractivity contribution in [2.45, 2.75) is 31.9 Å². The molecule has 0 bridgehead atoms. The first-order valence-corrected chi connectivity index (χ1v) is 10.4. The molecule has 4 aromatic rings. The van der Waals surface area contributed by atoms with E-state index in [9.17, 15) is 8.78 Å². The Morgan fingerprint density at radius 2 is 2.03 bits per heavy atom. The minimum atomic E-state index is -0.433. The van der Waals surface area contributed by atoms with Gasteiger partial charge >= 0.3 is 0 Å². The minimum absolute atomic E-state index is 0.258. The molecule has 0 spiro atoms. The SMILES string of the molecule is Fc1ccc(F)c([C@H]2CCCN2c2ccn3ncc(-n4ncc5c4CCOC5)c3n2)c1. The summed E-state index contributed by atoms with van der Waals surface area (Å²) in [6, 6.07) is 5.24. The van der Waals surface area contributed by atoms with Gasteiger partial charge in [0.25, 0.3) is 0 Å². The van der Waals surface area contributed by atoms with Crippen molar-refractivity contribution in [2.24, 2.45) is 0 Å². The Morgan fingerprint density at radius 1 is 1.10 bits per heavy atom. The maximum atomic E-state index is 14.5. The molecule has 0 saturated carbocycles. The van der Waals surface area contributed by atoms with Crippen LogP contribution in [0.15, 0.2) is 42.9 Å². The summed E-state index contributed by atoms with van der Waals surface area (Å²) < 4.78 is 37.4. The van der Waals surface area contributed by atoms with Crippen molar-refractivity contribution in [3.63, 3.8) is 0 Å². The van der Waals surface area contributed by atoms with E-state index < -0.39 is 11.6 Å². The van der Waals surface area contributed by atoms with Crippen molar-refractivity contribution >= 4 is 11.5 Å². The van der Waals surface area contributed by atoms with Gasteiger partial charge in [0.05, 0.1) is 37.3 Å². The fourth-order valence-electron chi connectivity index (χ4n) is 4.64. The van der Waals surface area contributed by atoms with Crippen LogP contribution in [0.2, 0.25) is 0 Å². The van der Waals surface area contributed by atoms with Crippen LogP contribution < -0.4 is 4.90 Å². The molecule has 158 valence electrons. The number of halogens is 2. The van der Waals surface area contributed by atoms with Crippen molar-refractivity contribution in [1.29, 1.82) is 0 Å². The molecular weight excluding hydrogens is 402 g/mol. The van der Waals surface area contributed by atoms with Gasteiger partial charge in [-0.15, -0.1) is 0 Å². The van der Waals surface area contributed by atoms with Gasteiger partial charge in [0.2, 0.25) is 0 Å². The molecule has 3 aromatic heterocycles. The van der Waals surface area contributed by atoms with Crippen molar-refractivity contribution in [1.82, 2.24) is 24.4 Å². The molecule has 5 heterocycles. The zero-order chi connectivity index (χ0) is 20.9. The van der Waals surface area contributed by atoms with Gasteiger partial charge in [-0.25, -0.2) is 23.0 Å².